The summed E-state index contributed by atoms with van der Waals surface area (Å²) in [7, 11) is 0. The minimum atomic E-state index is -0.0673. The van der Waals surface area contributed by atoms with E-state index >= 15 is 0 Å². The Morgan fingerprint density at radius 1 is 1.07 bits per heavy atom. The fraction of sp³-hybridized carbons (Fsp3) is 0.769. The van der Waals surface area contributed by atoms with Gasteiger partial charge in [-0.3, -0.25) is 9.59 Å². The molecular weight excluding hydrogens is 344 g/mol. The number of carbonyl (C=O) groups is 2. The largest absolute Gasteiger partial charge is 0.299 e. The van der Waals surface area contributed by atoms with Crippen molar-refractivity contribution in [2.45, 2.75) is 85.5 Å². The van der Waals surface area contributed by atoms with Crippen molar-refractivity contribution in [2.24, 2.45) is 39.9 Å². The average Bonchev–Trinajstić information content (AvgIpc) is 2.94. The second-order valence-corrected chi connectivity index (χ2v) is 11.2. The second kappa shape index (κ2) is 5.92. The van der Waals surface area contributed by atoms with Crippen LogP contribution >= 0.6 is 0 Å². The molecule has 0 saturated heterocycles. The van der Waals surface area contributed by atoms with Crippen LogP contribution in [0.5, 0.6) is 0 Å². The van der Waals surface area contributed by atoms with E-state index in [1.165, 1.54) is 49.7 Å². The molecule has 5 aliphatic carbocycles. The lowest BCUT2D eigenvalue weighted by Gasteiger charge is -2.59. The summed E-state index contributed by atoms with van der Waals surface area (Å²) in [6.07, 6.45) is 14.8. The van der Waals surface area contributed by atoms with Crippen LogP contribution in [0.15, 0.2) is 23.3 Å². The van der Waals surface area contributed by atoms with Crippen molar-refractivity contribution >= 4 is 11.6 Å². The maximum atomic E-state index is 13.2. The van der Waals surface area contributed by atoms with E-state index in [0.717, 1.165) is 12.8 Å². The van der Waals surface area contributed by atoms with E-state index in [4.69, 9.17) is 0 Å². The van der Waals surface area contributed by atoms with Crippen molar-refractivity contribution in [1.29, 1.82) is 0 Å². The van der Waals surface area contributed by atoms with Gasteiger partial charge >= 0.3 is 0 Å². The first-order valence-corrected chi connectivity index (χ1v) is 11.7. The van der Waals surface area contributed by atoms with Gasteiger partial charge in [-0.2, -0.15) is 0 Å². The molecule has 0 radical (unpaired) electrons. The Bertz CT molecular complexity index is 803. The number of Topliss-reactive ketones (excluding diaryl/α,β-unsaturated/α-hetero) is 1. The van der Waals surface area contributed by atoms with E-state index in [-0.39, 0.29) is 16.2 Å². The van der Waals surface area contributed by atoms with Gasteiger partial charge in [0.2, 0.25) is 0 Å². The maximum Gasteiger partial charge on any atom is 0.156 e. The summed E-state index contributed by atoms with van der Waals surface area (Å²) in [4.78, 5) is 25.3. The van der Waals surface area contributed by atoms with Gasteiger partial charge in [-0.1, -0.05) is 38.3 Å². The molecule has 0 spiro atoms. The summed E-state index contributed by atoms with van der Waals surface area (Å²) >= 11 is 0. The fourth-order valence-corrected chi connectivity index (χ4v) is 9.22. The summed E-state index contributed by atoms with van der Waals surface area (Å²) in [5.41, 5.74) is 2.90. The molecule has 0 aromatic heterocycles. The van der Waals surface area contributed by atoms with Gasteiger partial charge in [-0.25, -0.2) is 0 Å². The van der Waals surface area contributed by atoms with Crippen molar-refractivity contribution < 1.29 is 9.59 Å². The van der Waals surface area contributed by atoms with Gasteiger partial charge in [0, 0.05) is 11.8 Å². The van der Waals surface area contributed by atoms with Crippen LogP contribution < -0.4 is 0 Å². The molecule has 0 amide bonds. The standard InChI is InChI=1S/C26H36O2/c1-16-13-20-21(24(3)11-8-19(28)15-22(16)24)9-12-25(4)23(20)14-18-7-5-6-10-26(18,25)17(2)27/h13,15,18,20-21,23H,5-12,14H2,1-4H3/t18-,20-,21+,23+,24-,25+,26-/m1/s1. The molecule has 7 atom stereocenters. The van der Waals surface area contributed by atoms with Crippen LogP contribution in [0, 0.1) is 39.9 Å². The van der Waals surface area contributed by atoms with Gasteiger partial charge < -0.3 is 0 Å². The van der Waals surface area contributed by atoms with E-state index in [1.54, 1.807) is 0 Å². The van der Waals surface area contributed by atoms with E-state index in [9.17, 15) is 9.59 Å². The molecule has 0 N–H and O–H groups in total. The molecule has 0 aliphatic heterocycles. The highest BCUT2D eigenvalue weighted by Gasteiger charge is 2.68. The molecule has 5 aliphatic rings. The highest BCUT2D eigenvalue weighted by Crippen LogP contribution is 2.73. The van der Waals surface area contributed by atoms with Gasteiger partial charge in [0.05, 0.1) is 0 Å². The first-order chi connectivity index (χ1) is 13.2. The Morgan fingerprint density at radius 2 is 1.86 bits per heavy atom. The third kappa shape index (κ3) is 2.10. The number of hydrogen-bond acceptors (Lipinski definition) is 2. The van der Waals surface area contributed by atoms with Gasteiger partial charge in [0.1, 0.15) is 5.78 Å². The summed E-state index contributed by atoms with van der Waals surface area (Å²) in [6.45, 7) is 9.05. The topological polar surface area (TPSA) is 34.1 Å². The van der Waals surface area contributed by atoms with E-state index in [0.29, 0.717) is 41.7 Å². The predicted molar refractivity (Wildman–Crippen MR) is 112 cm³/mol. The molecule has 3 fully saturated rings. The molecular formula is C26H36O2. The van der Waals surface area contributed by atoms with E-state index in [2.05, 4.69) is 26.8 Å². The number of carbonyl (C=O) groups excluding carboxylic acids is 2. The highest BCUT2D eigenvalue weighted by molar-refractivity contribution is 5.92. The summed E-state index contributed by atoms with van der Waals surface area (Å²) in [5.74, 6) is 3.23. The second-order valence-electron chi connectivity index (χ2n) is 11.2. The van der Waals surface area contributed by atoms with Crippen LogP contribution in [-0.2, 0) is 9.59 Å². The monoisotopic (exact) mass is 380 g/mol. The zero-order chi connectivity index (χ0) is 19.9. The molecule has 2 nitrogen and oxygen atoms in total. The SMILES string of the molecule is CC(=O)[C@]12CCCC[C@@H]1C[C@H]1[C@@H]3C=C(C)C4=CC(=O)CC[C@]4(C)[C@H]3CC[C@@]12C. The molecule has 0 bridgehead atoms. The first-order valence-electron chi connectivity index (χ1n) is 11.7. The number of hydrogen-bond donors (Lipinski definition) is 0. The van der Waals surface area contributed by atoms with Crippen LogP contribution in [0.3, 0.4) is 0 Å². The van der Waals surface area contributed by atoms with Gasteiger partial charge in [0.15, 0.2) is 5.78 Å². The number of allylic oxidation sites excluding steroid dienone is 4. The molecule has 0 aromatic carbocycles. The zero-order valence-electron chi connectivity index (χ0n) is 18.1. The molecule has 0 unspecified atom stereocenters. The molecule has 5 rings (SSSR count). The average molecular weight is 381 g/mol. The van der Waals surface area contributed by atoms with E-state index < -0.39 is 0 Å². The molecule has 0 heterocycles. The number of ketones is 2. The maximum absolute atomic E-state index is 13.2. The lowest BCUT2D eigenvalue weighted by molar-refractivity contribution is -0.145. The molecule has 2 heteroatoms. The van der Waals surface area contributed by atoms with Crippen LogP contribution in [0.4, 0.5) is 0 Å². The quantitative estimate of drug-likeness (QED) is 0.554. The van der Waals surface area contributed by atoms with Crippen molar-refractivity contribution in [3.05, 3.63) is 23.3 Å². The Morgan fingerprint density at radius 3 is 2.61 bits per heavy atom. The van der Waals surface area contributed by atoms with E-state index in [1.807, 2.05) is 13.0 Å². The smallest absolute Gasteiger partial charge is 0.156 e. The normalized spacial score (nSPS) is 49.9. The van der Waals surface area contributed by atoms with Crippen LogP contribution in [-0.4, -0.2) is 11.6 Å². The van der Waals surface area contributed by atoms with Crippen LogP contribution in [0.1, 0.15) is 85.5 Å². The van der Waals surface area contributed by atoms with Crippen LogP contribution in [0.25, 0.3) is 0 Å². The minimum absolute atomic E-state index is 0.0673. The van der Waals surface area contributed by atoms with Crippen molar-refractivity contribution in [1.82, 2.24) is 0 Å². The summed E-state index contributed by atoms with van der Waals surface area (Å²) < 4.78 is 0. The lowest BCUT2D eigenvalue weighted by atomic mass is 9.44. The number of fused-ring (bicyclic) bond motifs is 7. The minimum Gasteiger partial charge on any atom is -0.299 e. The highest BCUT2D eigenvalue weighted by atomic mass is 16.1. The fourth-order valence-electron chi connectivity index (χ4n) is 9.22. The van der Waals surface area contributed by atoms with Gasteiger partial charge in [-0.15, -0.1) is 0 Å². The van der Waals surface area contributed by atoms with Crippen LogP contribution in [0.2, 0.25) is 0 Å². The summed E-state index contributed by atoms with van der Waals surface area (Å²) in [5, 5.41) is 0. The predicted octanol–water partition coefficient (Wildman–Crippen LogP) is 6.06. The molecule has 0 aromatic rings. The Hall–Kier alpha value is -1.18. The number of rotatable bonds is 1. The van der Waals surface area contributed by atoms with Crippen molar-refractivity contribution in [3.63, 3.8) is 0 Å². The van der Waals surface area contributed by atoms with Gasteiger partial charge in [-0.05, 0) is 98.5 Å². The summed E-state index contributed by atoms with van der Waals surface area (Å²) in [6, 6.07) is 0. The van der Waals surface area contributed by atoms with Gasteiger partial charge in [0.25, 0.3) is 0 Å². The Labute approximate surface area is 170 Å². The molecule has 3 saturated carbocycles. The third-order valence-corrected chi connectivity index (χ3v) is 10.5. The van der Waals surface area contributed by atoms with Crippen molar-refractivity contribution in [2.75, 3.05) is 0 Å². The first kappa shape index (κ1) is 18.8. The molecule has 152 valence electrons. The Kier molecular flexibility index (Phi) is 3.98. The zero-order valence-corrected chi connectivity index (χ0v) is 18.1. The molecule has 28 heavy (non-hydrogen) atoms. The Balaban J connectivity index is 1.62. The van der Waals surface area contributed by atoms with Crippen molar-refractivity contribution in [3.8, 4) is 0 Å². The third-order valence-electron chi connectivity index (χ3n) is 10.5. The lowest BCUT2D eigenvalue weighted by Crippen LogP contribution is -2.54.